The Labute approximate surface area is 125 Å². The van der Waals surface area contributed by atoms with Crippen molar-refractivity contribution in [3.8, 4) is 5.75 Å². The van der Waals surface area contributed by atoms with Gasteiger partial charge in [0.25, 0.3) is 0 Å². The molecule has 0 aromatic heterocycles. The Morgan fingerprint density at radius 3 is 2.20 bits per heavy atom. The second-order valence-corrected chi connectivity index (χ2v) is 5.44. The molecule has 0 bridgehead atoms. The third-order valence-electron chi connectivity index (χ3n) is 3.50. The molecule has 0 heterocycles. The van der Waals surface area contributed by atoms with Crippen LogP contribution in [-0.2, 0) is 6.61 Å². The molecular weight excluding hydrogens is 266 g/mol. The van der Waals surface area contributed by atoms with Crippen molar-refractivity contribution in [3.63, 3.8) is 0 Å². The molecule has 0 saturated carbocycles. The van der Waals surface area contributed by atoms with Crippen molar-refractivity contribution in [1.29, 1.82) is 0 Å². The lowest BCUT2D eigenvalue weighted by atomic mass is 10.1. The molecule has 0 aliphatic carbocycles. The predicted molar refractivity (Wildman–Crippen MR) is 87.3 cm³/mol. The highest BCUT2D eigenvalue weighted by Gasteiger charge is 2.06. The van der Waals surface area contributed by atoms with E-state index in [-0.39, 0.29) is 0 Å². The van der Waals surface area contributed by atoms with Gasteiger partial charge in [0, 0.05) is 5.56 Å². The maximum atomic E-state index is 5.97. The van der Waals surface area contributed by atoms with Crippen LogP contribution in [0.1, 0.15) is 27.8 Å². The summed E-state index contributed by atoms with van der Waals surface area (Å²) in [5.41, 5.74) is 11.2. The average molecular weight is 285 g/mol. The normalized spacial score (nSPS) is 10.3. The summed E-state index contributed by atoms with van der Waals surface area (Å²) in [6.07, 6.45) is 0. The second-order valence-electron chi connectivity index (χ2n) is 5.00. The molecule has 2 N–H and O–H groups in total. The summed E-state index contributed by atoms with van der Waals surface area (Å²) < 4.78 is 5.97. The lowest BCUT2D eigenvalue weighted by molar-refractivity contribution is 0.301. The van der Waals surface area contributed by atoms with E-state index in [2.05, 4.69) is 32.9 Å². The minimum atomic E-state index is 0.419. The maximum Gasteiger partial charge on any atom is 0.125 e. The van der Waals surface area contributed by atoms with Gasteiger partial charge < -0.3 is 10.5 Å². The molecule has 0 atom stereocenters. The van der Waals surface area contributed by atoms with E-state index in [1.165, 1.54) is 11.1 Å². The average Bonchev–Trinajstić information content (AvgIpc) is 2.43. The van der Waals surface area contributed by atoms with E-state index < -0.39 is 0 Å². The SMILES string of the molecule is Cc1ccc(C)c(OCc2ccc(C(N)=S)cc2)c1C. The number of benzene rings is 2. The lowest BCUT2D eigenvalue weighted by Crippen LogP contribution is -2.09. The summed E-state index contributed by atoms with van der Waals surface area (Å²) in [7, 11) is 0. The Kier molecular flexibility index (Phi) is 4.40. The van der Waals surface area contributed by atoms with Crippen molar-refractivity contribution < 1.29 is 4.74 Å². The first-order valence-corrected chi connectivity index (χ1v) is 6.98. The number of ether oxygens (including phenoxy) is 1. The number of hydrogen-bond acceptors (Lipinski definition) is 2. The van der Waals surface area contributed by atoms with Crippen molar-refractivity contribution in [2.75, 3.05) is 0 Å². The zero-order valence-corrected chi connectivity index (χ0v) is 12.9. The van der Waals surface area contributed by atoms with Crippen molar-refractivity contribution in [2.24, 2.45) is 5.73 Å². The number of hydrogen-bond donors (Lipinski definition) is 1. The fraction of sp³-hybridized carbons (Fsp3) is 0.235. The van der Waals surface area contributed by atoms with Gasteiger partial charge in [0.2, 0.25) is 0 Å². The molecule has 2 rings (SSSR count). The molecular formula is C17H19NOS. The quantitative estimate of drug-likeness (QED) is 0.867. The van der Waals surface area contributed by atoms with E-state index >= 15 is 0 Å². The Morgan fingerprint density at radius 1 is 1.00 bits per heavy atom. The molecule has 0 aliphatic rings. The van der Waals surface area contributed by atoms with Crippen molar-refractivity contribution in [3.05, 3.63) is 64.2 Å². The first-order valence-electron chi connectivity index (χ1n) is 6.57. The van der Waals surface area contributed by atoms with Gasteiger partial charge in [-0.05, 0) is 43.0 Å². The van der Waals surface area contributed by atoms with Crippen LogP contribution in [0.2, 0.25) is 0 Å². The van der Waals surface area contributed by atoms with Crippen LogP contribution in [0.3, 0.4) is 0 Å². The van der Waals surface area contributed by atoms with Crippen LogP contribution in [0.5, 0.6) is 5.75 Å². The Morgan fingerprint density at radius 2 is 1.60 bits per heavy atom. The molecule has 0 fully saturated rings. The van der Waals surface area contributed by atoms with Crippen molar-refractivity contribution in [2.45, 2.75) is 27.4 Å². The van der Waals surface area contributed by atoms with E-state index in [0.29, 0.717) is 11.6 Å². The predicted octanol–water partition coefficient (Wildman–Crippen LogP) is 3.83. The fourth-order valence-corrected chi connectivity index (χ4v) is 2.20. The minimum absolute atomic E-state index is 0.419. The molecule has 20 heavy (non-hydrogen) atoms. The molecule has 0 amide bonds. The molecule has 0 radical (unpaired) electrons. The van der Waals surface area contributed by atoms with Gasteiger partial charge in [-0.1, -0.05) is 48.6 Å². The zero-order chi connectivity index (χ0) is 14.7. The summed E-state index contributed by atoms with van der Waals surface area (Å²) in [4.78, 5) is 0.419. The number of aryl methyl sites for hydroxylation is 2. The van der Waals surface area contributed by atoms with Gasteiger partial charge in [0.05, 0.1) is 0 Å². The van der Waals surface area contributed by atoms with Crippen LogP contribution in [-0.4, -0.2) is 4.99 Å². The second kappa shape index (κ2) is 6.06. The van der Waals surface area contributed by atoms with Crippen LogP contribution in [0.4, 0.5) is 0 Å². The largest absolute Gasteiger partial charge is 0.488 e. The summed E-state index contributed by atoms with van der Waals surface area (Å²) >= 11 is 4.94. The molecule has 2 nitrogen and oxygen atoms in total. The smallest absolute Gasteiger partial charge is 0.125 e. The molecule has 3 heteroatoms. The minimum Gasteiger partial charge on any atom is -0.488 e. The zero-order valence-electron chi connectivity index (χ0n) is 12.1. The van der Waals surface area contributed by atoms with Crippen molar-refractivity contribution >= 4 is 17.2 Å². The Balaban J connectivity index is 2.13. The summed E-state index contributed by atoms with van der Waals surface area (Å²) in [6, 6.07) is 12.1. The van der Waals surface area contributed by atoms with Gasteiger partial charge in [0.15, 0.2) is 0 Å². The number of thiocarbonyl (C=S) groups is 1. The Bertz CT molecular complexity index is 632. The van der Waals surface area contributed by atoms with Crippen LogP contribution in [0, 0.1) is 20.8 Å². The molecule has 2 aromatic carbocycles. The van der Waals surface area contributed by atoms with Crippen LogP contribution >= 0.6 is 12.2 Å². The first kappa shape index (κ1) is 14.5. The van der Waals surface area contributed by atoms with Crippen molar-refractivity contribution in [1.82, 2.24) is 0 Å². The topological polar surface area (TPSA) is 35.2 Å². The van der Waals surface area contributed by atoms with E-state index in [1.807, 2.05) is 24.3 Å². The van der Waals surface area contributed by atoms with E-state index in [1.54, 1.807) is 0 Å². The Hall–Kier alpha value is -1.87. The maximum absolute atomic E-state index is 5.97. The van der Waals surface area contributed by atoms with Crippen LogP contribution in [0.25, 0.3) is 0 Å². The molecule has 0 unspecified atom stereocenters. The summed E-state index contributed by atoms with van der Waals surface area (Å²) in [5, 5.41) is 0. The number of rotatable bonds is 4. The van der Waals surface area contributed by atoms with E-state index in [4.69, 9.17) is 22.7 Å². The van der Waals surface area contributed by atoms with Gasteiger partial charge in [0.1, 0.15) is 17.3 Å². The lowest BCUT2D eigenvalue weighted by Gasteiger charge is -2.14. The molecule has 104 valence electrons. The van der Waals surface area contributed by atoms with Crippen LogP contribution in [0.15, 0.2) is 36.4 Å². The highest BCUT2D eigenvalue weighted by Crippen LogP contribution is 2.26. The summed E-state index contributed by atoms with van der Waals surface area (Å²) in [6.45, 7) is 6.80. The first-order chi connectivity index (χ1) is 9.49. The molecule has 0 spiro atoms. The molecule has 0 saturated heterocycles. The fourth-order valence-electron chi connectivity index (χ4n) is 2.07. The molecule has 2 aromatic rings. The van der Waals surface area contributed by atoms with Crippen LogP contribution < -0.4 is 10.5 Å². The van der Waals surface area contributed by atoms with Gasteiger partial charge in [-0.15, -0.1) is 0 Å². The third-order valence-corrected chi connectivity index (χ3v) is 3.73. The van der Waals surface area contributed by atoms with Gasteiger partial charge in [-0.25, -0.2) is 0 Å². The third kappa shape index (κ3) is 3.17. The molecule has 0 aliphatic heterocycles. The van der Waals surface area contributed by atoms with Gasteiger partial charge in [-0.2, -0.15) is 0 Å². The number of nitrogens with two attached hydrogens (primary N) is 1. The monoisotopic (exact) mass is 285 g/mol. The summed E-state index contributed by atoms with van der Waals surface area (Å²) in [5.74, 6) is 0.975. The van der Waals surface area contributed by atoms with Gasteiger partial charge >= 0.3 is 0 Å². The van der Waals surface area contributed by atoms with Gasteiger partial charge in [-0.3, -0.25) is 0 Å². The van der Waals surface area contributed by atoms with E-state index in [0.717, 1.165) is 22.4 Å². The highest BCUT2D eigenvalue weighted by molar-refractivity contribution is 7.80. The highest BCUT2D eigenvalue weighted by atomic mass is 32.1. The van der Waals surface area contributed by atoms with E-state index in [9.17, 15) is 0 Å². The standard InChI is InChI=1S/C17H19NOS/c1-11-4-5-12(2)16(13(11)3)19-10-14-6-8-15(9-7-14)17(18)20/h4-9H,10H2,1-3H3,(H2,18,20).